The second-order valence-corrected chi connectivity index (χ2v) is 3.64. The van der Waals surface area contributed by atoms with Crippen LogP contribution in [-0.2, 0) is 11.3 Å². The van der Waals surface area contributed by atoms with Crippen molar-refractivity contribution in [2.45, 2.75) is 6.61 Å². The minimum atomic E-state index is 0.0280. The van der Waals surface area contributed by atoms with Gasteiger partial charge < -0.3 is 14.6 Å². The van der Waals surface area contributed by atoms with Gasteiger partial charge in [0, 0.05) is 7.11 Å². The molecule has 72 valence electrons. The highest BCUT2D eigenvalue weighted by Gasteiger charge is 2.01. The van der Waals surface area contributed by atoms with Gasteiger partial charge in [0.1, 0.15) is 5.75 Å². The molecule has 0 unspecified atom stereocenters. The molecule has 0 bridgehead atoms. The Hall–Kier alpha value is -0.330. The van der Waals surface area contributed by atoms with Crippen molar-refractivity contribution in [2.24, 2.45) is 0 Å². The Morgan fingerprint density at radius 1 is 1.46 bits per heavy atom. The van der Waals surface area contributed by atoms with Crippen molar-refractivity contribution < 1.29 is 14.6 Å². The van der Waals surface area contributed by atoms with Gasteiger partial charge in [0.05, 0.1) is 10.2 Å². The molecule has 0 aromatic heterocycles. The molecule has 0 aliphatic rings. The zero-order valence-corrected chi connectivity index (χ0v) is 9.45. The van der Waals surface area contributed by atoms with Crippen LogP contribution < -0.4 is 4.74 Å². The molecule has 1 rings (SSSR count). The number of rotatable bonds is 4. The highest BCUT2D eigenvalue weighted by molar-refractivity contribution is 14.1. The van der Waals surface area contributed by atoms with Crippen LogP contribution in [0.3, 0.4) is 0 Å². The fraction of sp³-hybridized carbons (Fsp3) is 0.333. The number of aliphatic hydroxyl groups is 1. The fourth-order valence-electron chi connectivity index (χ4n) is 0.879. The summed E-state index contributed by atoms with van der Waals surface area (Å²) in [6.45, 7) is 0.255. The van der Waals surface area contributed by atoms with Crippen LogP contribution in [-0.4, -0.2) is 19.0 Å². The van der Waals surface area contributed by atoms with E-state index in [0.29, 0.717) is 0 Å². The third kappa shape index (κ3) is 3.13. The van der Waals surface area contributed by atoms with Gasteiger partial charge >= 0.3 is 0 Å². The summed E-state index contributed by atoms with van der Waals surface area (Å²) >= 11 is 2.17. The van der Waals surface area contributed by atoms with Crippen LogP contribution >= 0.6 is 22.6 Å². The lowest BCUT2D eigenvalue weighted by atomic mass is 10.2. The molecule has 0 saturated heterocycles. The Morgan fingerprint density at radius 3 is 2.85 bits per heavy atom. The maximum absolute atomic E-state index is 8.89. The molecule has 0 aliphatic carbocycles. The molecular formula is C9H11IO3. The van der Waals surface area contributed by atoms with Crippen molar-refractivity contribution >= 4 is 22.6 Å². The first-order valence-corrected chi connectivity index (χ1v) is 4.87. The van der Waals surface area contributed by atoms with E-state index in [1.807, 2.05) is 12.1 Å². The maximum Gasteiger partial charge on any atom is 0.188 e. The lowest BCUT2D eigenvalue weighted by Crippen LogP contribution is -2.00. The summed E-state index contributed by atoms with van der Waals surface area (Å²) in [6, 6.07) is 5.57. The SMILES string of the molecule is COCOc1cc(CO)ccc1I. The van der Waals surface area contributed by atoms with Gasteiger partial charge in [-0.1, -0.05) is 6.07 Å². The summed E-state index contributed by atoms with van der Waals surface area (Å²) in [6.07, 6.45) is 0. The molecule has 1 N–H and O–H groups in total. The van der Waals surface area contributed by atoms with Gasteiger partial charge in [0.15, 0.2) is 6.79 Å². The smallest absolute Gasteiger partial charge is 0.188 e. The van der Waals surface area contributed by atoms with Crippen LogP contribution in [0, 0.1) is 3.57 Å². The number of benzene rings is 1. The molecule has 3 nitrogen and oxygen atoms in total. The normalized spacial score (nSPS) is 10.1. The van der Waals surface area contributed by atoms with Gasteiger partial charge in [-0.25, -0.2) is 0 Å². The number of aliphatic hydroxyl groups excluding tert-OH is 1. The number of halogens is 1. The molecular weight excluding hydrogens is 283 g/mol. The highest BCUT2D eigenvalue weighted by atomic mass is 127. The number of ether oxygens (including phenoxy) is 2. The second kappa shape index (κ2) is 5.41. The summed E-state index contributed by atoms with van der Waals surface area (Å²) in [4.78, 5) is 0. The van der Waals surface area contributed by atoms with E-state index in [-0.39, 0.29) is 13.4 Å². The standard InChI is InChI=1S/C9H11IO3/c1-12-6-13-9-4-7(5-11)2-3-8(9)10/h2-4,11H,5-6H2,1H3. The molecule has 0 fully saturated rings. The van der Waals surface area contributed by atoms with E-state index in [2.05, 4.69) is 22.6 Å². The fourth-order valence-corrected chi connectivity index (χ4v) is 1.37. The highest BCUT2D eigenvalue weighted by Crippen LogP contribution is 2.22. The molecule has 1 aromatic carbocycles. The average molecular weight is 294 g/mol. The molecule has 0 atom stereocenters. The summed E-state index contributed by atoms with van der Waals surface area (Å²) in [5.74, 6) is 0.744. The van der Waals surface area contributed by atoms with Gasteiger partial charge in [-0.05, 0) is 40.3 Å². The third-order valence-corrected chi connectivity index (χ3v) is 2.40. The first kappa shape index (κ1) is 10.7. The van der Waals surface area contributed by atoms with E-state index in [1.165, 1.54) is 0 Å². The zero-order valence-electron chi connectivity index (χ0n) is 7.29. The van der Waals surface area contributed by atoms with Crippen molar-refractivity contribution in [3.63, 3.8) is 0 Å². The topological polar surface area (TPSA) is 38.7 Å². The van der Waals surface area contributed by atoms with Gasteiger partial charge in [-0.15, -0.1) is 0 Å². The first-order chi connectivity index (χ1) is 6.27. The van der Waals surface area contributed by atoms with Crippen LogP contribution in [0.1, 0.15) is 5.56 Å². The quantitative estimate of drug-likeness (QED) is 0.679. The maximum atomic E-state index is 8.89. The molecule has 4 heteroatoms. The number of methoxy groups -OCH3 is 1. The lowest BCUT2D eigenvalue weighted by molar-refractivity contribution is 0.0504. The Labute approximate surface area is 90.8 Å². The largest absolute Gasteiger partial charge is 0.466 e. The third-order valence-electron chi connectivity index (χ3n) is 1.51. The molecule has 1 aromatic rings. The van der Waals surface area contributed by atoms with E-state index < -0.39 is 0 Å². The summed E-state index contributed by atoms with van der Waals surface area (Å²) in [7, 11) is 1.57. The van der Waals surface area contributed by atoms with E-state index in [1.54, 1.807) is 13.2 Å². The Bertz CT molecular complexity index is 276. The molecule has 0 heterocycles. The molecule has 0 saturated carbocycles. The van der Waals surface area contributed by atoms with Crippen molar-refractivity contribution in [1.29, 1.82) is 0 Å². The van der Waals surface area contributed by atoms with Crippen molar-refractivity contribution in [1.82, 2.24) is 0 Å². The van der Waals surface area contributed by atoms with Crippen LogP contribution in [0.5, 0.6) is 5.75 Å². The minimum absolute atomic E-state index is 0.0280. The predicted octanol–water partition coefficient (Wildman–Crippen LogP) is 1.77. The summed E-state index contributed by atoms with van der Waals surface area (Å²) in [5.41, 5.74) is 0.839. The monoisotopic (exact) mass is 294 g/mol. The van der Waals surface area contributed by atoms with E-state index in [0.717, 1.165) is 14.9 Å². The van der Waals surface area contributed by atoms with Crippen LogP contribution in [0.4, 0.5) is 0 Å². The molecule has 13 heavy (non-hydrogen) atoms. The first-order valence-electron chi connectivity index (χ1n) is 3.79. The summed E-state index contributed by atoms with van der Waals surface area (Å²) in [5, 5.41) is 8.89. The molecule has 0 spiro atoms. The van der Waals surface area contributed by atoms with Gasteiger partial charge in [-0.2, -0.15) is 0 Å². The lowest BCUT2D eigenvalue weighted by Gasteiger charge is -2.07. The van der Waals surface area contributed by atoms with Gasteiger partial charge in [-0.3, -0.25) is 0 Å². The van der Waals surface area contributed by atoms with E-state index in [4.69, 9.17) is 14.6 Å². The predicted molar refractivity (Wildman–Crippen MR) is 57.6 cm³/mol. The van der Waals surface area contributed by atoms with E-state index in [9.17, 15) is 0 Å². The Kier molecular flexibility index (Phi) is 4.47. The summed E-state index contributed by atoms with van der Waals surface area (Å²) < 4.78 is 11.1. The average Bonchev–Trinajstić information content (AvgIpc) is 2.17. The molecule has 0 amide bonds. The van der Waals surface area contributed by atoms with Crippen LogP contribution in [0.25, 0.3) is 0 Å². The molecule has 0 aliphatic heterocycles. The Balaban J connectivity index is 2.78. The van der Waals surface area contributed by atoms with Crippen LogP contribution in [0.2, 0.25) is 0 Å². The van der Waals surface area contributed by atoms with E-state index >= 15 is 0 Å². The van der Waals surface area contributed by atoms with Crippen molar-refractivity contribution in [2.75, 3.05) is 13.9 Å². The number of hydrogen-bond acceptors (Lipinski definition) is 3. The van der Waals surface area contributed by atoms with Gasteiger partial charge in [0.25, 0.3) is 0 Å². The second-order valence-electron chi connectivity index (χ2n) is 2.47. The van der Waals surface area contributed by atoms with Crippen LogP contribution in [0.15, 0.2) is 18.2 Å². The van der Waals surface area contributed by atoms with Crippen molar-refractivity contribution in [3.8, 4) is 5.75 Å². The number of hydrogen-bond donors (Lipinski definition) is 1. The van der Waals surface area contributed by atoms with Gasteiger partial charge in [0.2, 0.25) is 0 Å². The zero-order chi connectivity index (χ0) is 9.68. The minimum Gasteiger partial charge on any atom is -0.466 e. The molecule has 0 radical (unpaired) electrons. The van der Waals surface area contributed by atoms with Crippen molar-refractivity contribution in [3.05, 3.63) is 27.3 Å². The Morgan fingerprint density at radius 2 is 2.23 bits per heavy atom.